The van der Waals surface area contributed by atoms with E-state index in [4.69, 9.17) is 9.47 Å². The first-order chi connectivity index (χ1) is 15.3. The number of rotatable bonds is 5. The third-order valence-corrected chi connectivity index (χ3v) is 5.86. The molecule has 5 rings (SSSR count). The van der Waals surface area contributed by atoms with E-state index in [0.29, 0.717) is 18.3 Å². The number of amides is 1. The average Bonchev–Trinajstić information content (AvgIpc) is 3.29. The smallest absolute Gasteiger partial charge is 0.238 e. The largest absolute Gasteiger partial charge is 0.486 e. The van der Waals surface area contributed by atoms with E-state index in [1.165, 1.54) is 11.3 Å². The third-order valence-electron chi connectivity index (χ3n) is 5.10. The predicted molar refractivity (Wildman–Crippen MR) is 122 cm³/mol. The normalized spacial score (nSPS) is 12.5. The molecule has 1 amide bonds. The number of ether oxygens (including phenoxy) is 2. The average molecular weight is 429 g/mol. The van der Waals surface area contributed by atoms with Gasteiger partial charge in [0.1, 0.15) is 13.2 Å². The number of thiazole rings is 1. The van der Waals surface area contributed by atoms with Crippen LogP contribution in [0.15, 0.2) is 84.2 Å². The Morgan fingerprint density at radius 3 is 2.19 bits per heavy atom. The van der Waals surface area contributed by atoms with E-state index in [1.807, 2.05) is 84.2 Å². The molecule has 2 heterocycles. The van der Waals surface area contributed by atoms with Gasteiger partial charge in [-0.3, -0.25) is 4.79 Å². The molecule has 1 aliphatic rings. The number of nitrogens with one attached hydrogen (secondary N) is 1. The first-order valence-corrected chi connectivity index (χ1v) is 10.9. The first-order valence-electron chi connectivity index (χ1n) is 10.0. The number of hydrogen-bond donors (Lipinski definition) is 1. The van der Waals surface area contributed by atoms with Crippen molar-refractivity contribution in [1.82, 2.24) is 4.98 Å². The van der Waals surface area contributed by atoms with Crippen LogP contribution in [0, 0.1) is 0 Å². The molecular weight excluding hydrogens is 408 g/mol. The fourth-order valence-corrected chi connectivity index (χ4v) is 4.35. The fraction of sp³-hybridized carbons (Fsp3) is 0.120. The SMILES string of the molecule is O=C(Nc1nc(-c2ccc3c(c2)OCCO3)cs1)C(c1ccccc1)c1ccccc1. The molecule has 0 unspecified atom stereocenters. The van der Waals surface area contributed by atoms with Crippen molar-refractivity contribution < 1.29 is 14.3 Å². The van der Waals surface area contributed by atoms with Gasteiger partial charge in [-0.2, -0.15) is 0 Å². The topological polar surface area (TPSA) is 60.5 Å². The second-order valence-electron chi connectivity index (χ2n) is 7.14. The second-order valence-corrected chi connectivity index (χ2v) is 8.00. The lowest BCUT2D eigenvalue weighted by molar-refractivity contribution is -0.116. The zero-order chi connectivity index (χ0) is 21.0. The van der Waals surface area contributed by atoms with E-state index in [-0.39, 0.29) is 5.91 Å². The number of aromatic nitrogens is 1. The molecule has 1 aliphatic heterocycles. The highest BCUT2D eigenvalue weighted by atomic mass is 32.1. The van der Waals surface area contributed by atoms with Gasteiger partial charge in [0.25, 0.3) is 0 Å². The predicted octanol–water partition coefficient (Wildman–Crippen LogP) is 5.35. The van der Waals surface area contributed by atoms with Gasteiger partial charge in [0, 0.05) is 10.9 Å². The van der Waals surface area contributed by atoms with Crippen LogP contribution in [0.1, 0.15) is 17.0 Å². The molecule has 0 saturated carbocycles. The van der Waals surface area contributed by atoms with Gasteiger partial charge >= 0.3 is 0 Å². The minimum Gasteiger partial charge on any atom is -0.486 e. The minimum atomic E-state index is -0.413. The quantitative estimate of drug-likeness (QED) is 0.465. The van der Waals surface area contributed by atoms with Crippen LogP contribution in [-0.2, 0) is 4.79 Å². The second kappa shape index (κ2) is 8.62. The summed E-state index contributed by atoms with van der Waals surface area (Å²) in [6.07, 6.45) is 0. The van der Waals surface area contributed by atoms with E-state index in [2.05, 4.69) is 10.3 Å². The molecule has 154 valence electrons. The first kappa shape index (κ1) is 19.3. The highest BCUT2D eigenvalue weighted by Crippen LogP contribution is 2.35. The summed E-state index contributed by atoms with van der Waals surface area (Å²) in [5, 5.41) is 5.50. The molecule has 0 atom stereocenters. The summed E-state index contributed by atoms with van der Waals surface area (Å²) in [7, 11) is 0. The van der Waals surface area contributed by atoms with Crippen LogP contribution < -0.4 is 14.8 Å². The molecule has 0 aliphatic carbocycles. The van der Waals surface area contributed by atoms with Gasteiger partial charge in [-0.25, -0.2) is 4.98 Å². The number of fused-ring (bicyclic) bond motifs is 1. The maximum Gasteiger partial charge on any atom is 0.238 e. The third kappa shape index (κ3) is 4.15. The Morgan fingerprint density at radius 2 is 1.52 bits per heavy atom. The minimum absolute atomic E-state index is 0.111. The zero-order valence-electron chi connectivity index (χ0n) is 16.7. The van der Waals surface area contributed by atoms with Gasteiger partial charge < -0.3 is 14.8 Å². The molecule has 6 heteroatoms. The molecule has 1 aromatic heterocycles. The molecule has 3 aromatic carbocycles. The lowest BCUT2D eigenvalue weighted by Gasteiger charge is -2.18. The maximum atomic E-state index is 13.3. The Hall–Kier alpha value is -3.64. The van der Waals surface area contributed by atoms with E-state index >= 15 is 0 Å². The number of carbonyl (C=O) groups excluding carboxylic acids is 1. The van der Waals surface area contributed by atoms with Crippen LogP contribution in [0.2, 0.25) is 0 Å². The number of hydrogen-bond acceptors (Lipinski definition) is 5. The Bertz CT molecular complexity index is 1150. The molecule has 4 aromatic rings. The summed E-state index contributed by atoms with van der Waals surface area (Å²) in [6.45, 7) is 1.10. The maximum absolute atomic E-state index is 13.3. The standard InChI is InChI=1S/C25H20N2O3S/c28-24(23(17-7-3-1-4-8-17)18-9-5-2-6-10-18)27-25-26-20(16-31-25)19-11-12-21-22(15-19)30-14-13-29-21/h1-12,15-16,23H,13-14H2,(H,26,27,28). The van der Waals surface area contributed by atoms with Gasteiger partial charge in [0.2, 0.25) is 5.91 Å². The summed E-state index contributed by atoms with van der Waals surface area (Å²) in [4.78, 5) is 17.9. The highest BCUT2D eigenvalue weighted by Gasteiger charge is 2.23. The summed E-state index contributed by atoms with van der Waals surface area (Å²) in [6, 6.07) is 25.3. The summed E-state index contributed by atoms with van der Waals surface area (Å²) in [5.41, 5.74) is 3.58. The summed E-state index contributed by atoms with van der Waals surface area (Å²) < 4.78 is 11.3. The lowest BCUT2D eigenvalue weighted by Crippen LogP contribution is -2.22. The van der Waals surface area contributed by atoms with Gasteiger partial charge in [-0.15, -0.1) is 11.3 Å². The fourth-order valence-electron chi connectivity index (χ4n) is 3.63. The van der Waals surface area contributed by atoms with E-state index < -0.39 is 5.92 Å². The molecule has 1 N–H and O–H groups in total. The molecule has 0 saturated heterocycles. The zero-order valence-corrected chi connectivity index (χ0v) is 17.5. The van der Waals surface area contributed by atoms with E-state index in [1.54, 1.807) is 0 Å². The molecular formula is C25H20N2O3S. The van der Waals surface area contributed by atoms with Crippen LogP contribution in [0.25, 0.3) is 11.3 Å². The van der Waals surface area contributed by atoms with Crippen molar-refractivity contribution in [3.63, 3.8) is 0 Å². The van der Waals surface area contributed by atoms with Gasteiger partial charge in [0.05, 0.1) is 11.6 Å². The van der Waals surface area contributed by atoms with Crippen LogP contribution in [0.4, 0.5) is 5.13 Å². The molecule has 0 bridgehead atoms. The Balaban J connectivity index is 1.39. The van der Waals surface area contributed by atoms with E-state index in [0.717, 1.165) is 33.9 Å². The van der Waals surface area contributed by atoms with Crippen molar-refractivity contribution in [3.05, 3.63) is 95.4 Å². The van der Waals surface area contributed by atoms with Crippen LogP contribution in [0.5, 0.6) is 11.5 Å². The Kier molecular flexibility index (Phi) is 5.37. The van der Waals surface area contributed by atoms with Crippen molar-refractivity contribution in [2.24, 2.45) is 0 Å². The van der Waals surface area contributed by atoms with Gasteiger partial charge in [-0.1, -0.05) is 60.7 Å². The van der Waals surface area contributed by atoms with Crippen LogP contribution >= 0.6 is 11.3 Å². The Labute approximate surface area is 184 Å². The van der Waals surface area contributed by atoms with E-state index in [9.17, 15) is 4.79 Å². The number of benzene rings is 3. The van der Waals surface area contributed by atoms with Gasteiger partial charge in [0.15, 0.2) is 16.6 Å². The molecule has 0 spiro atoms. The van der Waals surface area contributed by atoms with Crippen molar-refractivity contribution in [1.29, 1.82) is 0 Å². The Morgan fingerprint density at radius 1 is 0.871 bits per heavy atom. The summed E-state index contributed by atoms with van der Waals surface area (Å²) in [5.74, 6) is 0.937. The monoisotopic (exact) mass is 428 g/mol. The van der Waals surface area contributed by atoms with Crippen molar-refractivity contribution in [3.8, 4) is 22.8 Å². The lowest BCUT2D eigenvalue weighted by atomic mass is 9.90. The molecule has 0 fully saturated rings. The van der Waals surface area contributed by atoms with Crippen LogP contribution in [-0.4, -0.2) is 24.1 Å². The van der Waals surface area contributed by atoms with Gasteiger partial charge in [-0.05, 0) is 29.3 Å². The van der Waals surface area contributed by atoms with Crippen molar-refractivity contribution in [2.75, 3.05) is 18.5 Å². The van der Waals surface area contributed by atoms with Crippen LogP contribution in [0.3, 0.4) is 0 Å². The molecule has 31 heavy (non-hydrogen) atoms. The summed E-state index contributed by atoms with van der Waals surface area (Å²) >= 11 is 1.40. The number of carbonyl (C=O) groups is 1. The van der Waals surface area contributed by atoms with Crippen molar-refractivity contribution in [2.45, 2.75) is 5.92 Å². The number of nitrogens with zero attached hydrogens (tertiary/aromatic N) is 1. The molecule has 0 radical (unpaired) electrons. The molecule has 5 nitrogen and oxygen atoms in total. The van der Waals surface area contributed by atoms with Crippen molar-refractivity contribution >= 4 is 22.4 Å². The number of anilines is 1. The highest BCUT2D eigenvalue weighted by molar-refractivity contribution is 7.14.